The molecule has 21 heavy (non-hydrogen) atoms. The van der Waals surface area contributed by atoms with E-state index in [0.29, 0.717) is 6.54 Å². The summed E-state index contributed by atoms with van der Waals surface area (Å²) in [5.41, 5.74) is -0.454. The van der Waals surface area contributed by atoms with Crippen LogP contribution in [0, 0.1) is 0 Å². The zero-order valence-electron chi connectivity index (χ0n) is 10.8. The molecule has 0 aliphatic carbocycles. The molecule has 1 aromatic carbocycles. The second-order valence-corrected chi connectivity index (χ2v) is 5.30. The van der Waals surface area contributed by atoms with Crippen molar-refractivity contribution < 1.29 is 13.2 Å². The Labute approximate surface area is 127 Å². The fraction of sp³-hybridized carbons (Fsp3) is 0.214. The monoisotopic (exact) mass is 360 g/mol. The summed E-state index contributed by atoms with van der Waals surface area (Å²) in [5, 5.41) is 3.04. The SMILES string of the molecule is O=c1ccc(C(F)(F)F)cn1CCNc1ccc(Br)cc1. The molecule has 1 N–H and O–H groups in total. The molecule has 112 valence electrons. The van der Waals surface area contributed by atoms with Gasteiger partial charge in [-0.25, -0.2) is 0 Å². The van der Waals surface area contributed by atoms with Crippen LogP contribution in [0.4, 0.5) is 18.9 Å². The Kier molecular flexibility index (Phi) is 4.72. The number of aromatic nitrogens is 1. The van der Waals surface area contributed by atoms with Gasteiger partial charge in [0.05, 0.1) is 5.56 Å². The third-order valence-electron chi connectivity index (χ3n) is 2.84. The van der Waals surface area contributed by atoms with Crippen LogP contribution < -0.4 is 10.9 Å². The summed E-state index contributed by atoms with van der Waals surface area (Å²) in [4.78, 5) is 11.5. The lowest BCUT2D eigenvalue weighted by atomic mass is 10.2. The Morgan fingerprint density at radius 1 is 1.10 bits per heavy atom. The van der Waals surface area contributed by atoms with Crippen LogP contribution in [0.25, 0.3) is 0 Å². The maximum Gasteiger partial charge on any atom is 0.417 e. The molecule has 0 aliphatic rings. The summed E-state index contributed by atoms with van der Waals surface area (Å²) in [6.07, 6.45) is -3.61. The molecule has 1 aromatic heterocycles. The lowest BCUT2D eigenvalue weighted by Gasteiger charge is -2.11. The first kappa shape index (κ1) is 15.6. The molecule has 0 saturated carbocycles. The number of nitrogens with one attached hydrogen (secondary N) is 1. The van der Waals surface area contributed by atoms with E-state index in [1.807, 2.05) is 24.3 Å². The number of alkyl halides is 3. The van der Waals surface area contributed by atoms with E-state index >= 15 is 0 Å². The highest BCUT2D eigenvalue weighted by atomic mass is 79.9. The largest absolute Gasteiger partial charge is 0.417 e. The molecule has 2 rings (SSSR count). The van der Waals surface area contributed by atoms with Crippen molar-refractivity contribution in [3.63, 3.8) is 0 Å². The molecule has 0 fully saturated rings. The van der Waals surface area contributed by atoms with Gasteiger partial charge in [-0.1, -0.05) is 15.9 Å². The van der Waals surface area contributed by atoms with Crippen molar-refractivity contribution in [1.29, 1.82) is 0 Å². The Morgan fingerprint density at radius 3 is 2.38 bits per heavy atom. The van der Waals surface area contributed by atoms with Crippen molar-refractivity contribution in [1.82, 2.24) is 4.57 Å². The van der Waals surface area contributed by atoms with E-state index in [1.165, 1.54) is 0 Å². The fourth-order valence-corrected chi connectivity index (χ4v) is 2.03. The zero-order valence-corrected chi connectivity index (χ0v) is 12.4. The van der Waals surface area contributed by atoms with Crippen molar-refractivity contribution >= 4 is 21.6 Å². The van der Waals surface area contributed by atoms with Crippen molar-refractivity contribution in [3.05, 3.63) is 63.0 Å². The molecule has 0 bridgehead atoms. The number of pyridine rings is 1. The minimum Gasteiger partial charge on any atom is -0.383 e. The van der Waals surface area contributed by atoms with E-state index in [1.54, 1.807) is 0 Å². The first-order chi connectivity index (χ1) is 9.86. The molecule has 0 atom stereocenters. The average molecular weight is 361 g/mol. The normalized spacial score (nSPS) is 11.4. The molecule has 7 heteroatoms. The Balaban J connectivity index is 2.03. The van der Waals surface area contributed by atoms with Gasteiger partial charge in [-0.05, 0) is 30.3 Å². The van der Waals surface area contributed by atoms with Crippen LogP contribution >= 0.6 is 15.9 Å². The lowest BCUT2D eigenvalue weighted by molar-refractivity contribution is -0.138. The van der Waals surface area contributed by atoms with Gasteiger partial charge in [0.1, 0.15) is 0 Å². The number of halogens is 4. The molecule has 0 amide bonds. The summed E-state index contributed by atoms with van der Waals surface area (Å²) in [7, 11) is 0. The molecule has 0 radical (unpaired) electrons. The second-order valence-electron chi connectivity index (χ2n) is 4.38. The fourth-order valence-electron chi connectivity index (χ4n) is 1.76. The van der Waals surface area contributed by atoms with Gasteiger partial charge < -0.3 is 9.88 Å². The lowest BCUT2D eigenvalue weighted by Crippen LogP contribution is -2.24. The van der Waals surface area contributed by atoms with Crippen LogP contribution in [0.3, 0.4) is 0 Å². The molecule has 0 saturated heterocycles. The third-order valence-corrected chi connectivity index (χ3v) is 3.37. The molecule has 0 spiro atoms. The maximum atomic E-state index is 12.6. The van der Waals surface area contributed by atoms with Gasteiger partial charge in [0.15, 0.2) is 0 Å². The molecular formula is C14H12BrF3N2O. The topological polar surface area (TPSA) is 34.0 Å². The van der Waals surface area contributed by atoms with Gasteiger partial charge in [0.2, 0.25) is 0 Å². The van der Waals surface area contributed by atoms with E-state index in [-0.39, 0.29) is 6.54 Å². The number of nitrogens with zero attached hydrogens (tertiary/aromatic N) is 1. The summed E-state index contributed by atoms with van der Waals surface area (Å²) in [5.74, 6) is 0. The van der Waals surface area contributed by atoms with Gasteiger partial charge in [0.25, 0.3) is 5.56 Å². The number of hydrogen-bond acceptors (Lipinski definition) is 2. The van der Waals surface area contributed by atoms with Gasteiger partial charge in [0, 0.05) is 35.5 Å². The van der Waals surface area contributed by atoms with E-state index in [4.69, 9.17) is 0 Å². The van der Waals surface area contributed by atoms with Crippen LogP contribution in [0.15, 0.2) is 51.9 Å². The molecule has 2 aromatic rings. The van der Waals surface area contributed by atoms with Gasteiger partial charge in [-0.3, -0.25) is 4.79 Å². The number of rotatable bonds is 4. The van der Waals surface area contributed by atoms with Crippen molar-refractivity contribution in [2.45, 2.75) is 12.7 Å². The second kappa shape index (κ2) is 6.34. The van der Waals surface area contributed by atoms with Gasteiger partial charge in [-0.2, -0.15) is 13.2 Å². The molecule has 3 nitrogen and oxygen atoms in total. The van der Waals surface area contributed by atoms with Gasteiger partial charge >= 0.3 is 6.18 Å². The summed E-state index contributed by atoms with van der Waals surface area (Å²) in [6.45, 7) is 0.502. The van der Waals surface area contributed by atoms with E-state index in [2.05, 4.69) is 21.2 Å². The highest BCUT2D eigenvalue weighted by molar-refractivity contribution is 9.10. The van der Waals surface area contributed by atoms with Crippen LogP contribution in [0.5, 0.6) is 0 Å². The average Bonchev–Trinajstić information content (AvgIpc) is 2.42. The Bertz CT molecular complexity index is 665. The van der Waals surface area contributed by atoms with Crippen molar-refractivity contribution in [2.75, 3.05) is 11.9 Å². The minimum atomic E-state index is -4.45. The van der Waals surface area contributed by atoms with E-state index in [0.717, 1.165) is 33.1 Å². The highest BCUT2D eigenvalue weighted by Gasteiger charge is 2.30. The third kappa shape index (κ3) is 4.35. The predicted molar refractivity (Wildman–Crippen MR) is 78.3 cm³/mol. The van der Waals surface area contributed by atoms with Crippen LogP contribution in [-0.4, -0.2) is 11.1 Å². The summed E-state index contributed by atoms with van der Waals surface area (Å²) >= 11 is 3.31. The Hall–Kier alpha value is -1.76. The van der Waals surface area contributed by atoms with E-state index in [9.17, 15) is 18.0 Å². The van der Waals surface area contributed by atoms with Crippen LogP contribution in [-0.2, 0) is 12.7 Å². The Morgan fingerprint density at radius 2 is 1.76 bits per heavy atom. The summed E-state index contributed by atoms with van der Waals surface area (Å²) in [6, 6.07) is 9.08. The smallest absolute Gasteiger partial charge is 0.383 e. The number of benzene rings is 1. The minimum absolute atomic E-state index is 0.152. The van der Waals surface area contributed by atoms with Gasteiger partial charge in [-0.15, -0.1) is 0 Å². The maximum absolute atomic E-state index is 12.6. The molecule has 1 heterocycles. The first-order valence-electron chi connectivity index (χ1n) is 6.13. The summed E-state index contributed by atoms with van der Waals surface area (Å²) < 4.78 is 39.8. The number of anilines is 1. The van der Waals surface area contributed by atoms with E-state index < -0.39 is 17.3 Å². The molecule has 0 aliphatic heterocycles. The molecule has 0 unspecified atom stereocenters. The zero-order chi connectivity index (χ0) is 15.5. The number of hydrogen-bond donors (Lipinski definition) is 1. The van der Waals surface area contributed by atoms with Crippen LogP contribution in [0.2, 0.25) is 0 Å². The molecular weight excluding hydrogens is 349 g/mol. The first-order valence-corrected chi connectivity index (χ1v) is 6.93. The quantitative estimate of drug-likeness (QED) is 0.900. The standard InChI is InChI=1S/C14H12BrF3N2O/c15-11-2-4-12(5-3-11)19-7-8-20-9-10(14(16,17)18)1-6-13(20)21/h1-6,9,19H,7-8H2. The highest BCUT2D eigenvalue weighted by Crippen LogP contribution is 2.27. The predicted octanol–water partition coefficient (Wildman–Crippen LogP) is 3.74. The van der Waals surface area contributed by atoms with Crippen LogP contribution in [0.1, 0.15) is 5.56 Å². The van der Waals surface area contributed by atoms with Crippen molar-refractivity contribution in [2.24, 2.45) is 0 Å². The van der Waals surface area contributed by atoms with Crippen molar-refractivity contribution in [3.8, 4) is 0 Å².